The average Bonchev–Trinajstić information content (AvgIpc) is 3.48. The molecule has 130 valence electrons. The standard InChI is InChI=1S/C19H19N7/c1-2-12(1)19(13-3-4-13)26-10-15(9-23-26)18-17-5-6-22-25(17)11-16(24-18)14-7-20-21-8-14/h5-13,19H,1-4H2,(H,20,21). The fourth-order valence-corrected chi connectivity index (χ4v) is 3.99. The van der Waals surface area contributed by atoms with Crippen LogP contribution in [0.4, 0.5) is 0 Å². The van der Waals surface area contributed by atoms with Gasteiger partial charge in [-0.15, -0.1) is 0 Å². The second-order valence-corrected chi connectivity index (χ2v) is 7.50. The molecule has 0 atom stereocenters. The molecule has 0 aromatic carbocycles. The molecule has 0 radical (unpaired) electrons. The summed E-state index contributed by atoms with van der Waals surface area (Å²) in [6.45, 7) is 0. The highest BCUT2D eigenvalue weighted by Gasteiger charge is 2.43. The van der Waals surface area contributed by atoms with Crippen LogP contribution in [0.15, 0.2) is 43.2 Å². The Morgan fingerprint density at radius 2 is 1.85 bits per heavy atom. The first-order chi connectivity index (χ1) is 12.9. The van der Waals surface area contributed by atoms with Crippen LogP contribution in [0, 0.1) is 11.8 Å². The van der Waals surface area contributed by atoms with E-state index in [0.717, 1.165) is 39.9 Å². The number of hydrogen-bond donors (Lipinski definition) is 1. The second-order valence-electron chi connectivity index (χ2n) is 7.50. The van der Waals surface area contributed by atoms with E-state index < -0.39 is 0 Å². The lowest BCUT2D eigenvalue weighted by Crippen LogP contribution is -2.13. The summed E-state index contributed by atoms with van der Waals surface area (Å²) in [5, 5.41) is 16.0. The van der Waals surface area contributed by atoms with Crippen molar-refractivity contribution in [3.8, 4) is 22.5 Å². The molecule has 0 bridgehead atoms. The Balaban J connectivity index is 1.46. The van der Waals surface area contributed by atoms with E-state index >= 15 is 0 Å². The smallest absolute Gasteiger partial charge is 0.0999 e. The van der Waals surface area contributed by atoms with Crippen molar-refractivity contribution in [2.45, 2.75) is 31.7 Å². The minimum Gasteiger partial charge on any atom is -0.285 e. The maximum absolute atomic E-state index is 4.91. The normalized spacial score (nSPS) is 17.4. The van der Waals surface area contributed by atoms with Crippen molar-refractivity contribution in [3.05, 3.63) is 43.2 Å². The third-order valence-electron chi connectivity index (χ3n) is 5.57. The fourth-order valence-electron chi connectivity index (χ4n) is 3.99. The number of nitrogens with zero attached hydrogens (tertiary/aromatic N) is 6. The molecule has 2 aliphatic rings. The van der Waals surface area contributed by atoms with Gasteiger partial charge >= 0.3 is 0 Å². The van der Waals surface area contributed by atoms with Gasteiger partial charge < -0.3 is 0 Å². The number of fused-ring (bicyclic) bond motifs is 1. The van der Waals surface area contributed by atoms with E-state index in [1.165, 1.54) is 25.7 Å². The van der Waals surface area contributed by atoms with Crippen LogP contribution < -0.4 is 0 Å². The molecule has 4 aromatic rings. The SMILES string of the molecule is c1cc2c(-c3cnn(C(C4CC4)C4CC4)c3)nc(-c3cn[nH]c3)cn2n1. The topological polar surface area (TPSA) is 76.7 Å². The Labute approximate surface area is 150 Å². The van der Waals surface area contributed by atoms with Gasteiger partial charge in [0.05, 0.1) is 47.7 Å². The van der Waals surface area contributed by atoms with Crippen LogP contribution in [-0.4, -0.2) is 34.6 Å². The molecule has 2 saturated carbocycles. The van der Waals surface area contributed by atoms with Gasteiger partial charge in [0.1, 0.15) is 0 Å². The van der Waals surface area contributed by atoms with Crippen LogP contribution in [0.1, 0.15) is 31.7 Å². The quantitative estimate of drug-likeness (QED) is 0.602. The highest BCUT2D eigenvalue weighted by Crippen LogP contribution is 2.51. The molecule has 0 amide bonds. The van der Waals surface area contributed by atoms with Crippen molar-refractivity contribution in [1.82, 2.24) is 34.6 Å². The van der Waals surface area contributed by atoms with Crippen molar-refractivity contribution in [2.75, 3.05) is 0 Å². The molecule has 4 aromatic heterocycles. The van der Waals surface area contributed by atoms with Gasteiger partial charge in [-0.25, -0.2) is 9.50 Å². The van der Waals surface area contributed by atoms with E-state index in [1.807, 2.05) is 29.2 Å². The van der Waals surface area contributed by atoms with Gasteiger partial charge in [0.15, 0.2) is 0 Å². The lowest BCUT2D eigenvalue weighted by molar-refractivity contribution is 0.361. The molecule has 2 aliphatic carbocycles. The zero-order valence-corrected chi connectivity index (χ0v) is 14.3. The van der Waals surface area contributed by atoms with Crippen molar-refractivity contribution >= 4 is 5.52 Å². The minimum absolute atomic E-state index is 0.571. The number of aromatic nitrogens is 7. The Hall–Kier alpha value is -2.96. The number of rotatable bonds is 5. The van der Waals surface area contributed by atoms with Crippen molar-refractivity contribution in [1.29, 1.82) is 0 Å². The largest absolute Gasteiger partial charge is 0.285 e. The predicted molar refractivity (Wildman–Crippen MR) is 96.3 cm³/mol. The molecule has 7 nitrogen and oxygen atoms in total. The maximum Gasteiger partial charge on any atom is 0.0999 e. The van der Waals surface area contributed by atoms with Gasteiger partial charge in [-0.3, -0.25) is 9.78 Å². The van der Waals surface area contributed by atoms with Crippen LogP contribution in [0.5, 0.6) is 0 Å². The molecule has 4 heterocycles. The van der Waals surface area contributed by atoms with Gasteiger partial charge in [0, 0.05) is 23.5 Å². The maximum atomic E-state index is 4.91. The monoisotopic (exact) mass is 345 g/mol. The van der Waals surface area contributed by atoms with E-state index in [2.05, 4.69) is 26.2 Å². The van der Waals surface area contributed by atoms with Crippen LogP contribution in [0.25, 0.3) is 28.0 Å². The molecular formula is C19H19N7. The molecule has 0 spiro atoms. The summed E-state index contributed by atoms with van der Waals surface area (Å²) in [5.41, 5.74) is 4.75. The number of hydrogen-bond acceptors (Lipinski definition) is 4. The molecule has 6 rings (SSSR count). The fraction of sp³-hybridized carbons (Fsp3) is 0.368. The molecule has 0 saturated heterocycles. The summed E-state index contributed by atoms with van der Waals surface area (Å²) in [4.78, 5) is 4.91. The van der Waals surface area contributed by atoms with Crippen molar-refractivity contribution in [2.24, 2.45) is 11.8 Å². The second kappa shape index (κ2) is 5.27. The van der Waals surface area contributed by atoms with Crippen LogP contribution >= 0.6 is 0 Å². The first-order valence-electron chi connectivity index (χ1n) is 9.25. The number of H-pyrrole nitrogens is 1. The van der Waals surface area contributed by atoms with Crippen LogP contribution in [0.2, 0.25) is 0 Å². The molecule has 1 N–H and O–H groups in total. The van der Waals surface area contributed by atoms with Crippen molar-refractivity contribution < 1.29 is 0 Å². The van der Waals surface area contributed by atoms with E-state index in [1.54, 1.807) is 12.4 Å². The highest BCUT2D eigenvalue weighted by molar-refractivity contribution is 5.78. The van der Waals surface area contributed by atoms with Crippen LogP contribution in [-0.2, 0) is 0 Å². The van der Waals surface area contributed by atoms with Gasteiger partial charge in [-0.2, -0.15) is 15.3 Å². The lowest BCUT2D eigenvalue weighted by Gasteiger charge is -2.15. The molecule has 26 heavy (non-hydrogen) atoms. The van der Waals surface area contributed by atoms with Crippen LogP contribution in [0.3, 0.4) is 0 Å². The third kappa shape index (κ3) is 2.27. The Bertz CT molecular complexity index is 1050. The van der Waals surface area contributed by atoms with E-state index in [4.69, 9.17) is 10.1 Å². The summed E-state index contributed by atoms with van der Waals surface area (Å²) >= 11 is 0. The zero-order valence-electron chi connectivity index (χ0n) is 14.3. The summed E-state index contributed by atoms with van der Waals surface area (Å²) in [6.07, 6.45) is 16.9. The van der Waals surface area contributed by atoms with E-state index in [-0.39, 0.29) is 0 Å². The van der Waals surface area contributed by atoms with E-state index in [9.17, 15) is 0 Å². The van der Waals surface area contributed by atoms with E-state index in [0.29, 0.717) is 6.04 Å². The summed E-state index contributed by atoms with van der Waals surface area (Å²) in [5.74, 6) is 1.63. The average molecular weight is 345 g/mol. The highest BCUT2D eigenvalue weighted by atomic mass is 15.3. The molecular weight excluding hydrogens is 326 g/mol. The van der Waals surface area contributed by atoms with Gasteiger partial charge in [-0.1, -0.05) is 0 Å². The zero-order chi connectivity index (χ0) is 17.1. The number of nitrogens with one attached hydrogen (secondary N) is 1. The molecule has 0 aliphatic heterocycles. The molecule has 7 heteroatoms. The molecule has 2 fully saturated rings. The van der Waals surface area contributed by atoms with Gasteiger partial charge in [-0.05, 0) is 43.6 Å². The lowest BCUT2D eigenvalue weighted by atomic mass is 10.1. The summed E-state index contributed by atoms with van der Waals surface area (Å²) in [7, 11) is 0. The first-order valence-corrected chi connectivity index (χ1v) is 9.25. The Morgan fingerprint density at radius 1 is 1.00 bits per heavy atom. The van der Waals surface area contributed by atoms with Gasteiger partial charge in [0.25, 0.3) is 0 Å². The van der Waals surface area contributed by atoms with Gasteiger partial charge in [0.2, 0.25) is 0 Å². The Morgan fingerprint density at radius 3 is 2.58 bits per heavy atom. The first kappa shape index (κ1) is 14.2. The van der Waals surface area contributed by atoms with Crippen molar-refractivity contribution in [3.63, 3.8) is 0 Å². The Kier molecular flexibility index (Phi) is 2.88. The summed E-state index contributed by atoms with van der Waals surface area (Å²) < 4.78 is 4.07. The third-order valence-corrected chi connectivity index (χ3v) is 5.57. The predicted octanol–water partition coefficient (Wildman–Crippen LogP) is 3.34. The number of aromatic amines is 1. The minimum atomic E-state index is 0.571. The summed E-state index contributed by atoms with van der Waals surface area (Å²) in [6, 6.07) is 2.57. The molecule has 0 unspecified atom stereocenters.